The second kappa shape index (κ2) is 28.4. The molecule has 0 radical (unpaired) electrons. The average molecular weight is 1000 g/mol. The van der Waals surface area contributed by atoms with E-state index in [2.05, 4.69) is 62.5 Å². The van der Waals surface area contributed by atoms with Crippen molar-refractivity contribution in [2.75, 3.05) is 19.6 Å². The van der Waals surface area contributed by atoms with Crippen molar-refractivity contribution in [1.29, 1.82) is 0 Å². The van der Waals surface area contributed by atoms with Crippen molar-refractivity contribution in [3.8, 4) is 0 Å². The summed E-state index contributed by atoms with van der Waals surface area (Å²) in [5.74, 6) is -5.18. The number of amides is 7. The second-order valence-electron chi connectivity index (χ2n) is 17.9. The Balaban J connectivity index is 1.52. The lowest BCUT2D eigenvalue weighted by Crippen LogP contribution is -2.61. The van der Waals surface area contributed by atoms with E-state index in [9.17, 15) is 43.1 Å². The van der Waals surface area contributed by atoms with Crippen LogP contribution in [0, 0.1) is 5.82 Å². The minimum absolute atomic E-state index is 0.0773. The molecule has 1 saturated heterocycles. The SMILES string of the molecule is CCCC[C@H](NC(C)=O)C(=O)N[C@H]1CCC(=O)NCCCCNC(=O)[C@H](Cc2c[nH]c3ccccc23)NC(O)[C@H](CCCN=C(N)N)NC(=O)[C@@H](Cc2ccc(F)cc2)NC(=O)[C@H](Cc2cnc[nH]2)NC1=O. The maximum Gasteiger partial charge on any atom is 0.243 e. The van der Waals surface area contributed by atoms with E-state index in [0.717, 1.165) is 16.5 Å². The number of nitrogens with zero attached hydrogens (tertiary/aromatic N) is 2. The number of imidazole rings is 1. The van der Waals surface area contributed by atoms with Crippen LogP contribution in [0.1, 0.15) is 88.5 Å². The maximum absolute atomic E-state index is 14.7. The Bertz CT molecular complexity index is 2450. The van der Waals surface area contributed by atoms with Gasteiger partial charge in [-0.15, -0.1) is 0 Å². The number of aliphatic imine (C=N–C) groups is 1. The lowest BCUT2D eigenvalue weighted by molar-refractivity contribution is -0.135. The first-order valence-electron chi connectivity index (χ1n) is 24.4. The molecule has 72 heavy (non-hydrogen) atoms. The highest BCUT2D eigenvalue weighted by Crippen LogP contribution is 2.20. The van der Waals surface area contributed by atoms with Crippen LogP contribution in [0.4, 0.5) is 4.39 Å². The largest absolute Gasteiger partial charge is 0.376 e. The molecule has 2 aromatic carbocycles. The van der Waals surface area contributed by atoms with Gasteiger partial charge in [0.15, 0.2) is 5.96 Å². The molecule has 3 heterocycles. The van der Waals surface area contributed by atoms with Crippen LogP contribution in [0.3, 0.4) is 0 Å². The van der Waals surface area contributed by atoms with Gasteiger partial charge in [-0.1, -0.05) is 50.1 Å². The number of hydrogen-bond acceptors (Lipinski definition) is 11. The van der Waals surface area contributed by atoms with Gasteiger partial charge in [0.25, 0.3) is 0 Å². The number of aliphatic hydroxyl groups is 1. The number of aliphatic hydroxyl groups excluding tert-OH is 1. The molecule has 0 saturated carbocycles. The molecule has 0 aliphatic carbocycles. The van der Waals surface area contributed by atoms with E-state index in [4.69, 9.17) is 11.5 Å². The molecular formula is C49H69FN14O8. The minimum Gasteiger partial charge on any atom is -0.376 e. The van der Waals surface area contributed by atoms with Gasteiger partial charge < -0.3 is 63.8 Å². The fourth-order valence-corrected chi connectivity index (χ4v) is 8.26. The Kier molecular flexibility index (Phi) is 21.9. The van der Waals surface area contributed by atoms with Gasteiger partial charge in [-0.25, -0.2) is 9.37 Å². The van der Waals surface area contributed by atoms with Crippen molar-refractivity contribution < 1.29 is 43.1 Å². The average Bonchev–Trinajstić information content (AvgIpc) is 4.03. The van der Waals surface area contributed by atoms with Gasteiger partial charge in [0, 0.05) is 74.8 Å². The molecule has 7 amide bonds. The molecule has 2 aromatic heterocycles. The van der Waals surface area contributed by atoms with Crippen LogP contribution in [-0.4, -0.2) is 129 Å². The van der Waals surface area contributed by atoms with Gasteiger partial charge in [0.1, 0.15) is 36.2 Å². The quantitative estimate of drug-likeness (QED) is 0.0396. The highest BCUT2D eigenvalue weighted by molar-refractivity contribution is 5.96. The molecule has 0 spiro atoms. The fourth-order valence-electron chi connectivity index (χ4n) is 8.26. The number of benzene rings is 2. The zero-order valence-corrected chi connectivity index (χ0v) is 40.7. The van der Waals surface area contributed by atoms with E-state index in [1.54, 1.807) is 6.20 Å². The number of hydrogen-bond donors (Lipinski definition) is 13. The summed E-state index contributed by atoms with van der Waals surface area (Å²) in [4.78, 5) is 111. The summed E-state index contributed by atoms with van der Waals surface area (Å²) in [5.41, 5.74) is 13.7. The number of carbonyl (C=O) groups is 7. The summed E-state index contributed by atoms with van der Waals surface area (Å²) < 4.78 is 14.2. The standard InChI is InChI=1S/C49H69FN14O8/c1-3-4-11-36(59-29(2)65)44(68)61-38-18-19-42(66)54-20-7-8-21-55-43(67)40(24-31-26-57-35-12-6-5-10-34(31)35)63-45(69)37(13-9-22-56-49(51)52)60-47(71)39(23-30-14-16-32(50)17-15-30)62-48(72)41(64-46(38)70)25-33-27-53-28-58-33/h5-6,10,12,14-17,26-28,36-41,45,57,63,69H,3-4,7-9,11,13,18-25H2,1-2H3,(H,53,58)(H,54,66)(H,55,67)(H,59,65)(H,60,71)(H,61,68)(H,62,72)(H,64,70)(H4,51,52,56)/t36-,37-,38-,39+,40-,41-,45?/m0/s1. The Morgan fingerprint density at radius 3 is 2.28 bits per heavy atom. The number of nitrogens with one attached hydrogen (secondary N) is 10. The van der Waals surface area contributed by atoms with Crippen LogP contribution in [0.5, 0.6) is 0 Å². The van der Waals surface area contributed by atoms with Crippen molar-refractivity contribution in [3.63, 3.8) is 0 Å². The Labute approximate surface area is 417 Å². The monoisotopic (exact) mass is 1000 g/mol. The first-order chi connectivity index (χ1) is 34.6. The van der Waals surface area contributed by atoms with Crippen LogP contribution in [0.15, 0.2) is 72.2 Å². The van der Waals surface area contributed by atoms with Gasteiger partial charge in [0.05, 0.1) is 18.4 Å². The molecule has 15 N–H and O–H groups in total. The van der Waals surface area contributed by atoms with Crippen LogP contribution >= 0.6 is 0 Å². The molecular weight excluding hydrogens is 932 g/mol. The van der Waals surface area contributed by atoms with Gasteiger partial charge in [-0.3, -0.25) is 43.9 Å². The Morgan fingerprint density at radius 2 is 1.57 bits per heavy atom. The van der Waals surface area contributed by atoms with Crippen LogP contribution < -0.4 is 54.0 Å². The number of H-pyrrole nitrogens is 2. The predicted molar refractivity (Wildman–Crippen MR) is 267 cm³/mol. The maximum atomic E-state index is 14.7. The number of nitrogens with two attached hydrogens (primary N) is 2. The van der Waals surface area contributed by atoms with E-state index >= 15 is 0 Å². The summed E-state index contributed by atoms with van der Waals surface area (Å²) in [6, 6.07) is 5.46. The van der Waals surface area contributed by atoms with Crippen LogP contribution in [-0.2, 0) is 52.8 Å². The zero-order chi connectivity index (χ0) is 52.0. The normalized spacial score (nSPS) is 21.8. The minimum atomic E-state index is -1.57. The number of fused-ring (bicyclic) bond motifs is 1. The number of aromatic nitrogens is 3. The molecule has 5 rings (SSSR count). The summed E-state index contributed by atoms with van der Waals surface area (Å²) in [5, 5.41) is 35.3. The first kappa shape index (κ1) is 55.5. The lowest BCUT2D eigenvalue weighted by atomic mass is 10.0. The molecule has 7 atom stereocenters. The molecule has 22 nitrogen and oxygen atoms in total. The lowest BCUT2D eigenvalue weighted by Gasteiger charge is -2.31. The van der Waals surface area contributed by atoms with Crippen molar-refractivity contribution in [2.45, 2.75) is 133 Å². The smallest absolute Gasteiger partial charge is 0.243 e. The summed E-state index contributed by atoms with van der Waals surface area (Å²) >= 11 is 0. The van der Waals surface area contributed by atoms with E-state index in [-0.39, 0.29) is 77.0 Å². The summed E-state index contributed by atoms with van der Waals surface area (Å²) in [7, 11) is 0. The van der Waals surface area contributed by atoms with Gasteiger partial charge >= 0.3 is 0 Å². The second-order valence-corrected chi connectivity index (χ2v) is 17.9. The topological polar surface area (TPSA) is 345 Å². The van der Waals surface area contributed by atoms with Crippen molar-refractivity contribution in [3.05, 3.63) is 89.9 Å². The molecule has 23 heteroatoms. The Hall–Kier alpha value is -7.40. The number of para-hydroxylation sites is 1. The molecule has 1 aliphatic rings. The number of guanidine groups is 1. The summed E-state index contributed by atoms with van der Waals surface area (Å²) in [6.45, 7) is 3.74. The van der Waals surface area contributed by atoms with E-state index in [1.165, 1.54) is 43.7 Å². The fraction of sp³-hybridized carbons (Fsp3) is 0.490. The number of halogens is 1. The van der Waals surface area contributed by atoms with Crippen molar-refractivity contribution >= 4 is 58.2 Å². The highest BCUT2D eigenvalue weighted by Gasteiger charge is 2.34. The molecule has 1 fully saturated rings. The number of aromatic amines is 2. The molecule has 0 bridgehead atoms. The molecule has 390 valence electrons. The number of unbranched alkanes of at least 4 members (excludes halogenated alkanes) is 1. The van der Waals surface area contributed by atoms with E-state index in [1.807, 2.05) is 31.2 Å². The van der Waals surface area contributed by atoms with Crippen molar-refractivity contribution in [1.82, 2.24) is 57.5 Å². The van der Waals surface area contributed by atoms with Crippen LogP contribution in [0.2, 0.25) is 0 Å². The third-order valence-electron chi connectivity index (χ3n) is 12.1. The first-order valence-corrected chi connectivity index (χ1v) is 24.4. The molecule has 1 unspecified atom stereocenters. The highest BCUT2D eigenvalue weighted by atomic mass is 19.1. The number of rotatable bonds is 16. The van der Waals surface area contributed by atoms with Crippen molar-refractivity contribution in [2.24, 2.45) is 16.5 Å². The van der Waals surface area contributed by atoms with Gasteiger partial charge in [-0.05, 0) is 74.3 Å². The summed E-state index contributed by atoms with van der Waals surface area (Å²) in [6.07, 6.45) is 5.18. The number of carbonyl (C=O) groups excluding carboxylic acids is 7. The third-order valence-corrected chi connectivity index (χ3v) is 12.1. The van der Waals surface area contributed by atoms with Gasteiger partial charge in [-0.2, -0.15) is 0 Å². The third kappa shape index (κ3) is 18.1. The van der Waals surface area contributed by atoms with Gasteiger partial charge in [0.2, 0.25) is 41.4 Å². The predicted octanol–water partition coefficient (Wildman–Crippen LogP) is -0.171. The van der Waals surface area contributed by atoms with E-state index < -0.39 is 89.6 Å². The molecule has 4 aromatic rings. The van der Waals surface area contributed by atoms with E-state index in [0.29, 0.717) is 36.9 Å². The molecule has 1 aliphatic heterocycles. The zero-order valence-electron chi connectivity index (χ0n) is 40.7. The Morgan fingerprint density at radius 1 is 0.861 bits per heavy atom. The van der Waals surface area contributed by atoms with Crippen LogP contribution in [0.25, 0.3) is 10.9 Å².